The quantitative estimate of drug-likeness (QED) is 0.680. The van der Waals surface area contributed by atoms with Crippen molar-refractivity contribution in [2.24, 2.45) is 7.05 Å². The summed E-state index contributed by atoms with van der Waals surface area (Å²) < 4.78 is 43.6. The topological polar surface area (TPSA) is 70.1 Å². The van der Waals surface area contributed by atoms with E-state index in [4.69, 9.17) is 10.5 Å². The largest absolute Gasteiger partial charge is 0.465 e. The molecule has 0 aliphatic carbocycles. The maximum absolute atomic E-state index is 12.6. The van der Waals surface area contributed by atoms with E-state index >= 15 is 0 Å². The van der Waals surface area contributed by atoms with Crippen LogP contribution in [-0.4, -0.2) is 27.6 Å². The number of nitrogen functional groups attached to an aromatic ring is 1. The molecular formula is C10H14F3N3O2S. The fourth-order valence-electron chi connectivity index (χ4n) is 1.35. The van der Waals surface area contributed by atoms with E-state index in [2.05, 4.69) is 5.10 Å². The molecule has 1 aromatic rings. The van der Waals surface area contributed by atoms with Crippen molar-refractivity contribution in [3.8, 4) is 0 Å². The number of halogens is 3. The van der Waals surface area contributed by atoms with Crippen molar-refractivity contribution in [1.29, 1.82) is 0 Å². The summed E-state index contributed by atoms with van der Waals surface area (Å²) in [6.07, 6.45) is -4.62. The van der Waals surface area contributed by atoms with Crippen LogP contribution in [0.4, 0.5) is 18.9 Å². The van der Waals surface area contributed by atoms with Gasteiger partial charge < -0.3 is 10.5 Å². The predicted molar refractivity (Wildman–Crippen MR) is 64.6 cm³/mol. The molecule has 0 bridgehead atoms. The van der Waals surface area contributed by atoms with Gasteiger partial charge in [-0.25, -0.2) is 0 Å². The minimum Gasteiger partial charge on any atom is -0.465 e. The summed E-state index contributed by atoms with van der Waals surface area (Å²) in [6.45, 7) is 3.39. The Morgan fingerprint density at radius 3 is 2.58 bits per heavy atom. The number of anilines is 1. The van der Waals surface area contributed by atoms with Crippen molar-refractivity contribution in [2.75, 3.05) is 12.3 Å². The molecule has 0 fully saturated rings. The molecule has 1 unspecified atom stereocenters. The van der Waals surface area contributed by atoms with E-state index in [1.165, 1.54) is 14.0 Å². The maximum atomic E-state index is 12.6. The van der Waals surface area contributed by atoms with Crippen molar-refractivity contribution < 1.29 is 22.7 Å². The first-order valence-electron chi connectivity index (χ1n) is 5.41. The molecule has 0 aliphatic heterocycles. The Labute approximate surface area is 112 Å². The van der Waals surface area contributed by atoms with E-state index in [1.807, 2.05) is 0 Å². The highest BCUT2D eigenvalue weighted by Crippen LogP contribution is 2.38. The molecule has 108 valence electrons. The molecule has 0 radical (unpaired) electrons. The summed E-state index contributed by atoms with van der Waals surface area (Å²) in [5.41, 5.74) is 3.82. The molecule has 0 saturated heterocycles. The Morgan fingerprint density at radius 1 is 1.58 bits per heavy atom. The average molecular weight is 297 g/mol. The number of carbonyl (C=O) groups is 1. The zero-order chi connectivity index (χ0) is 14.8. The second kappa shape index (κ2) is 5.72. The minimum atomic E-state index is -4.62. The van der Waals surface area contributed by atoms with Gasteiger partial charge in [0.1, 0.15) is 10.3 Å². The maximum Gasteiger partial charge on any atom is 0.437 e. The molecule has 0 amide bonds. The van der Waals surface area contributed by atoms with E-state index in [-0.39, 0.29) is 11.6 Å². The van der Waals surface area contributed by atoms with E-state index in [1.54, 1.807) is 6.92 Å². The molecule has 0 aliphatic rings. The summed E-state index contributed by atoms with van der Waals surface area (Å²) in [4.78, 5) is 11.4. The smallest absolute Gasteiger partial charge is 0.437 e. The molecular weight excluding hydrogens is 283 g/mol. The number of ether oxygens (including phenoxy) is 1. The normalized spacial score (nSPS) is 13.4. The third kappa shape index (κ3) is 3.55. The SMILES string of the molecule is CCOC(=O)C(C)Sc1c(N)c(C(F)(F)F)nn1C. The lowest BCUT2D eigenvalue weighted by Gasteiger charge is -2.10. The predicted octanol–water partition coefficient (Wildman–Crippen LogP) is 2.06. The van der Waals surface area contributed by atoms with Crippen LogP contribution in [0.3, 0.4) is 0 Å². The first kappa shape index (κ1) is 15.7. The highest BCUT2D eigenvalue weighted by molar-refractivity contribution is 8.00. The number of thioether (sulfide) groups is 1. The van der Waals surface area contributed by atoms with E-state index < -0.39 is 28.8 Å². The number of esters is 1. The highest BCUT2D eigenvalue weighted by atomic mass is 32.2. The Balaban J connectivity index is 2.97. The standard InChI is InChI=1S/C10H14F3N3O2S/c1-4-18-9(17)5(2)19-8-6(14)7(10(11,12)13)15-16(8)3/h5H,4,14H2,1-3H3. The van der Waals surface area contributed by atoms with Gasteiger partial charge in [0.2, 0.25) is 0 Å². The summed E-state index contributed by atoms with van der Waals surface area (Å²) in [7, 11) is 1.34. The molecule has 0 saturated carbocycles. The second-order valence-corrected chi connectivity index (χ2v) is 5.03. The first-order valence-corrected chi connectivity index (χ1v) is 6.29. The number of hydrogen-bond acceptors (Lipinski definition) is 5. The molecule has 5 nitrogen and oxygen atoms in total. The van der Waals surface area contributed by atoms with Crippen molar-refractivity contribution in [2.45, 2.75) is 30.3 Å². The Bertz CT molecular complexity index is 473. The number of alkyl halides is 3. The van der Waals surface area contributed by atoms with E-state index in [0.717, 1.165) is 16.4 Å². The summed E-state index contributed by atoms with van der Waals surface area (Å²) in [5.74, 6) is -0.512. The number of carbonyl (C=O) groups excluding carboxylic acids is 1. The molecule has 1 atom stereocenters. The molecule has 1 heterocycles. The molecule has 0 aromatic carbocycles. The van der Waals surface area contributed by atoms with Gasteiger partial charge in [-0.15, -0.1) is 0 Å². The van der Waals surface area contributed by atoms with Crippen LogP contribution in [0.1, 0.15) is 19.5 Å². The number of nitrogens with two attached hydrogens (primary N) is 1. The summed E-state index contributed by atoms with van der Waals surface area (Å²) in [5, 5.41) is 2.76. The van der Waals surface area contributed by atoms with Gasteiger partial charge in [-0.2, -0.15) is 18.3 Å². The van der Waals surface area contributed by atoms with Crippen LogP contribution in [-0.2, 0) is 22.8 Å². The number of aromatic nitrogens is 2. The lowest BCUT2D eigenvalue weighted by atomic mass is 10.4. The lowest BCUT2D eigenvalue weighted by Crippen LogP contribution is -2.17. The molecule has 2 N–H and O–H groups in total. The third-order valence-electron chi connectivity index (χ3n) is 2.20. The van der Waals surface area contributed by atoms with Crippen molar-refractivity contribution in [1.82, 2.24) is 9.78 Å². The summed E-state index contributed by atoms with van der Waals surface area (Å²) in [6, 6.07) is 0. The van der Waals surface area contributed by atoms with Crippen molar-refractivity contribution in [3.63, 3.8) is 0 Å². The minimum absolute atomic E-state index is 0.0906. The van der Waals surface area contributed by atoms with Gasteiger partial charge in [0.05, 0.1) is 12.3 Å². The number of rotatable bonds is 4. The number of hydrogen-bond donors (Lipinski definition) is 1. The van der Waals surface area contributed by atoms with E-state index in [0.29, 0.717) is 0 Å². The number of nitrogens with zero attached hydrogens (tertiary/aromatic N) is 2. The van der Waals surface area contributed by atoms with Crippen LogP contribution in [0.15, 0.2) is 5.03 Å². The monoisotopic (exact) mass is 297 g/mol. The Hall–Kier alpha value is -1.38. The van der Waals surface area contributed by atoms with Gasteiger partial charge in [0.15, 0.2) is 5.69 Å². The van der Waals surface area contributed by atoms with Crippen LogP contribution in [0.5, 0.6) is 0 Å². The number of aryl methyl sites for hydroxylation is 1. The fourth-order valence-corrected chi connectivity index (χ4v) is 2.27. The summed E-state index contributed by atoms with van der Waals surface area (Å²) >= 11 is 0.883. The zero-order valence-electron chi connectivity index (χ0n) is 10.6. The average Bonchev–Trinajstić information content (AvgIpc) is 2.56. The van der Waals surface area contributed by atoms with Crippen molar-refractivity contribution >= 4 is 23.4 Å². The van der Waals surface area contributed by atoms with Gasteiger partial charge in [-0.3, -0.25) is 9.48 Å². The van der Waals surface area contributed by atoms with Gasteiger partial charge >= 0.3 is 12.1 Å². The Kier molecular flexibility index (Phi) is 4.72. The van der Waals surface area contributed by atoms with Crippen molar-refractivity contribution in [3.05, 3.63) is 5.69 Å². The van der Waals surface area contributed by atoms with Gasteiger partial charge in [0, 0.05) is 7.05 Å². The first-order chi connectivity index (χ1) is 8.68. The highest BCUT2D eigenvalue weighted by Gasteiger charge is 2.38. The molecule has 0 spiro atoms. The van der Waals surface area contributed by atoms with Crippen LogP contribution >= 0.6 is 11.8 Å². The fraction of sp³-hybridized carbons (Fsp3) is 0.600. The van der Waals surface area contributed by atoms with Gasteiger partial charge in [0.25, 0.3) is 0 Å². The molecule has 19 heavy (non-hydrogen) atoms. The molecule has 9 heteroatoms. The van der Waals surface area contributed by atoms with Crippen LogP contribution in [0.25, 0.3) is 0 Å². The zero-order valence-corrected chi connectivity index (χ0v) is 11.4. The van der Waals surface area contributed by atoms with Gasteiger partial charge in [-0.1, -0.05) is 11.8 Å². The third-order valence-corrected chi connectivity index (χ3v) is 3.46. The molecule has 1 rings (SSSR count). The lowest BCUT2D eigenvalue weighted by molar-refractivity contribution is -0.142. The van der Waals surface area contributed by atoms with Gasteiger partial charge in [-0.05, 0) is 13.8 Å². The van der Waals surface area contributed by atoms with Crippen LogP contribution in [0.2, 0.25) is 0 Å². The van der Waals surface area contributed by atoms with Crippen LogP contribution in [0, 0.1) is 0 Å². The van der Waals surface area contributed by atoms with Crippen LogP contribution < -0.4 is 5.73 Å². The second-order valence-electron chi connectivity index (χ2n) is 3.70. The van der Waals surface area contributed by atoms with E-state index in [9.17, 15) is 18.0 Å². The molecule has 1 aromatic heterocycles. The Morgan fingerprint density at radius 2 is 2.16 bits per heavy atom.